The first-order valence-corrected chi connectivity index (χ1v) is 6.95. The molecule has 1 aromatic rings. The minimum atomic E-state index is -0.900. The minimum Gasteiger partial charge on any atom is -0.480 e. The van der Waals surface area contributed by atoms with E-state index < -0.39 is 12.0 Å². The first kappa shape index (κ1) is 12.6. The molecule has 0 aromatic carbocycles. The number of hydrogen-bond donors (Lipinski definition) is 1. The lowest BCUT2D eigenvalue weighted by atomic mass is 10.2. The predicted molar refractivity (Wildman–Crippen MR) is 68.1 cm³/mol. The Morgan fingerprint density at radius 1 is 1.53 bits per heavy atom. The van der Waals surface area contributed by atoms with Crippen LogP contribution >= 0.6 is 27.3 Å². The summed E-state index contributed by atoms with van der Waals surface area (Å²) in [5, 5.41) is 9.00. The Bertz CT molecular complexity index is 446. The highest BCUT2D eigenvalue weighted by Crippen LogP contribution is 2.24. The third-order valence-corrected chi connectivity index (χ3v) is 4.44. The molecule has 2 heterocycles. The van der Waals surface area contributed by atoms with Gasteiger partial charge in [0.1, 0.15) is 6.04 Å². The van der Waals surface area contributed by atoms with Crippen LogP contribution in [-0.4, -0.2) is 34.5 Å². The molecule has 1 amide bonds. The van der Waals surface area contributed by atoms with E-state index in [9.17, 15) is 9.59 Å². The Morgan fingerprint density at radius 3 is 2.88 bits per heavy atom. The lowest BCUT2D eigenvalue weighted by Crippen LogP contribution is -2.41. The molecule has 1 saturated heterocycles. The highest BCUT2D eigenvalue weighted by molar-refractivity contribution is 9.11. The van der Waals surface area contributed by atoms with Crippen LogP contribution in [0.3, 0.4) is 0 Å². The number of hydrogen-bond acceptors (Lipinski definition) is 3. The third-order valence-electron chi connectivity index (χ3n) is 2.81. The molecule has 0 aliphatic carbocycles. The monoisotopic (exact) mass is 317 g/mol. The van der Waals surface area contributed by atoms with Crippen LogP contribution < -0.4 is 0 Å². The molecule has 0 unspecified atom stereocenters. The highest BCUT2D eigenvalue weighted by Gasteiger charge is 2.33. The van der Waals surface area contributed by atoms with Crippen molar-refractivity contribution in [3.05, 3.63) is 20.8 Å². The van der Waals surface area contributed by atoms with Crippen molar-refractivity contribution < 1.29 is 14.7 Å². The smallest absolute Gasteiger partial charge is 0.326 e. The molecule has 6 heteroatoms. The van der Waals surface area contributed by atoms with Crippen molar-refractivity contribution >= 4 is 39.1 Å². The van der Waals surface area contributed by atoms with E-state index in [2.05, 4.69) is 15.9 Å². The Kier molecular flexibility index (Phi) is 3.83. The summed E-state index contributed by atoms with van der Waals surface area (Å²) in [7, 11) is 0. The number of carboxylic acids is 1. The lowest BCUT2D eigenvalue weighted by molar-refractivity contribution is -0.147. The number of amides is 1. The fourth-order valence-electron chi connectivity index (χ4n) is 2.02. The number of halogens is 1. The summed E-state index contributed by atoms with van der Waals surface area (Å²) >= 11 is 4.85. The quantitative estimate of drug-likeness (QED) is 0.929. The van der Waals surface area contributed by atoms with Crippen LogP contribution in [0.2, 0.25) is 0 Å². The molecule has 1 fully saturated rings. The first-order valence-electron chi connectivity index (χ1n) is 5.34. The van der Waals surface area contributed by atoms with Crippen LogP contribution in [-0.2, 0) is 16.0 Å². The predicted octanol–water partition coefficient (Wildman–Crippen LogP) is 2.13. The summed E-state index contributed by atoms with van der Waals surface area (Å²) in [5.74, 6) is -0.993. The number of likely N-dealkylation sites (tertiary alicyclic amines) is 1. The van der Waals surface area contributed by atoms with Crippen molar-refractivity contribution in [3.63, 3.8) is 0 Å². The van der Waals surface area contributed by atoms with E-state index in [4.69, 9.17) is 5.11 Å². The molecule has 92 valence electrons. The van der Waals surface area contributed by atoms with E-state index in [1.54, 1.807) is 0 Å². The maximum Gasteiger partial charge on any atom is 0.326 e. The van der Waals surface area contributed by atoms with Gasteiger partial charge < -0.3 is 10.0 Å². The molecule has 0 radical (unpaired) electrons. The summed E-state index contributed by atoms with van der Waals surface area (Å²) in [4.78, 5) is 25.4. The number of thiophene rings is 1. The molecule has 1 aromatic heterocycles. The van der Waals surface area contributed by atoms with Crippen molar-refractivity contribution in [1.29, 1.82) is 0 Å². The third kappa shape index (κ3) is 2.87. The van der Waals surface area contributed by atoms with Crippen molar-refractivity contribution in [2.45, 2.75) is 25.3 Å². The Labute approximate surface area is 111 Å². The minimum absolute atomic E-state index is 0.0933. The molecule has 0 saturated carbocycles. The number of carboxylic acid groups (broad SMARTS) is 1. The Balaban J connectivity index is 2.02. The Morgan fingerprint density at radius 2 is 2.29 bits per heavy atom. The summed E-state index contributed by atoms with van der Waals surface area (Å²) < 4.78 is 0.983. The summed E-state index contributed by atoms with van der Waals surface area (Å²) in [6.07, 6.45) is 1.63. The van der Waals surface area contributed by atoms with E-state index in [1.807, 2.05) is 12.1 Å². The maximum atomic E-state index is 12.0. The molecular formula is C11H12BrNO3S. The number of carbonyl (C=O) groups is 2. The number of rotatable bonds is 3. The van der Waals surface area contributed by atoms with Gasteiger partial charge in [-0.1, -0.05) is 0 Å². The van der Waals surface area contributed by atoms with Crippen LogP contribution in [0, 0.1) is 0 Å². The molecule has 1 aliphatic rings. The van der Waals surface area contributed by atoms with Gasteiger partial charge in [0.05, 0.1) is 10.2 Å². The highest BCUT2D eigenvalue weighted by atomic mass is 79.9. The second kappa shape index (κ2) is 5.18. The maximum absolute atomic E-state index is 12.0. The standard InChI is InChI=1S/C11H12BrNO3S/c12-9-4-3-7(17-9)6-10(14)13-5-1-2-8(13)11(15)16/h3-4,8H,1-2,5-6H2,(H,15,16)/t8-/m0/s1. The summed E-state index contributed by atoms with van der Waals surface area (Å²) in [6, 6.07) is 3.15. The van der Waals surface area contributed by atoms with Crippen molar-refractivity contribution in [1.82, 2.24) is 4.90 Å². The van der Waals surface area contributed by atoms with Crippen molar-refractivity contribution in [3.8, 4) is 0 Å². The van der Waals surface area contributed by atoms with Gasteiger partial charge in [0.2, 0.25) is 5.91 Å². The van der Waals surface area contributed by atoms with Crippen LogP contribution in [0.1, 0.15) is 17.7 Å². The van der Waals surface area contributed by atoms with E-state index in [0.717, 1.165) is 15.1 Å². The van der Waals surface area contributed by atoms with Gasteiger partial charge in [-0.3, -0.25) is 4.79 Å². The van der Waals surface area contributed by atoms with E-state index in [-0.39, 0.29) is 5.91 Å². The molecule has 0 bridgehead atoms. The molecule has 1 aliphatic heterocycles. The molecular weight excluding hydrogens is 306 g/mol. The fraction of sp³-hybridized carbons (Fsp3) is 0.455. The van der Waals surface area contributed by atoms with Gasteiger partial charge >= 0.3 is 5.97 Å². The normalized spacial score (nSPS) is 19.6. The van der Waals surface area contributed by atoms with Crippen molar-refractivity contribution in [2.75, 3.05) is 6.54 Å². The number of aliphatic carboxylic acids is 1. The van der Waals surface area contributed by atoms with Crippen LogP contribution in [0.4, 0.5) is 0 Å². The van der Waals surface area contributed by atoms with E-state index >= 15 is 0 Å². The molecule has 0 spiro atoms. The number of nitrogens with zero attached hydrogens (tertiary/aromatic N) is 1. The molecule has 4 nitrogen and oxygen atoms in total. The molecule has 2 rings (SSSR count). The molecule has 1 N–H and O–H groups in total. The van der Waals surface area contributed by atoms with Gasteiger partial charge in [-0.25, -0.2) is 4.79 Å². The van der Waals surface area contributed by atoms with Crippen molar-refractivity contribution in [2.24, 2.45) is 0 Å². The fourth-order valence-corrected chi connectivity index (χ4v) is 3.49. The van der Waals surface area contributed by atoms with Crippen LogP contribution in [0.15, 0.2) is 15.9 Å². The van der Waals surface area contributed by atoms with Crippen LogP contribution in [0.5, 0.6) is 0 Å². The van der Waals surface area contributed by atoms with Crippen LogP contribution in [0.25, 0.3) is 0 Å². The SMILES string of the molecule is O=C(O)[C@@H]1CCCN1C(=O)Cc1ccc(Br)s1. The van der Waals surface area contributed by atoms with Gasteiger partial charge in [-0.05, 0) is 40.9 Å². The van der Waals surface area contributed by atoms with Gasteiger partial charge in [0.25, 0.3) is 0 Å². The summed E-state index contributed by atoms with van der Waals surface area (Å²) in [6.45, 7) is 0.558. The zero-order valence-corrected chi connectivity index (χ0v) is 11.5. The average Bonchev–Trinajstić information content (AvgIpc) is 2.86. The first-order chi connectivity index (χ1) is 8.08. The van der Waals surface area contributed by atoms with Gasteiger partial charge in [-0.15, -0.1) is 11.3 Å². The molecule has 17 heavy (non-hydrogen) atoms. The van der Waals surface area contributed by atoms with E-state index in [1.165, 1.54) is 16.2 Å². The van der Waals surface area contributed by atoms with Gasteiger partial charge in [0.15, 0.2) is 0 Å². The van der Waals surface area contributed by atoms with E-state index in [0.29, 0.717) is 19.4 Å². The van der Waals surface area contributed by atoms with Gasteiger partial charge in [-0.2, -0.15) is 0 Å². The Hall–Kier alpha value is -0.880. The second-order valence-corrected chi connectivity index (χ2v) is 6.51. The summed E-state index contributed by atoms with van der Waals surface area (Å²) in [5.41, 5.74) is 0. The average molecular weight is 318 g/mol. The zero-order chi connectivity index (χ0) is 12.4. The largest absolute Gasteiger partial charge is 0.480 e. The van der Waals surface area contributed by atoms with Gasteiger partial charge in [0, 0.05) is 11.4 Å². The lowest BCUT2D eigenvalue weighted by Gasteiger charge is -2.20. The topological polar surface area (TPSA) is 57.6 Å². The zero-order valence-electron chi connectivity index (χ0n) is 9.06. The number of carbonyl (C=O) groups excluding carboxylic acids is 1. The second-order valence-electron chi connectivity index (χ2n) is 3.97. The molecule has 1 atom stereocenters.